The van der Waals surface area contributed by atoms with Crippen LogP contribution in [0.15, 0.2) is 30.3 Å². The molecule has 1 aromatic rings. The van der Waals surface area contributed by atoms with Gasteiger partial charge in [-0.05, 0) is 12.5 Å². The summed E-state index contributed by atoms with van der Waals surface area (Å²) in [5, 5.41) is 9.13. The van der Waals surface area contributed by atoms with E-state index >= 15 is 0 Å². The Morgan fingerprint density at radius 1 is 1.29 bits per heavy atom. The van der Waals surface area contributed by atoms with Crippen LogP contribution >= 0.6 is 0 Å². The third kappa shape index (κ3) is 5.92. The first-order valence-corrected chi connectivity index (χ1v) is 7.94. The van der Waals surface area contributed by atoms with E-state index < -0.39 is 33.8 Å². The molecule has 0 amide bonds. The van der Waals surface area contributed by atoms with E-state index in [4.69, 9.17) is 5.11 Å². The maximum absolute atomic E-state index is 11.8. The van der Waals surface area contributed by atoms with Gasteiger partial charge >= 0.3 is 11.9 Å². The lowest BCUT2D eigenvalue weighted by Crippen LogP contribution is -2.35. The fourth-order valence-electron chi connectivity index (χ4n) is 1.60. The normalized spacial score (nSPS) is 12.6. The Morgan fingerprint density at radius 3 is 2.43 bits per heavy atom. The molecule has 7 nitrogen and oxygen atoms in total. The first-order valence-electron chi connectivity index (χ1n) is 6.29. The summed E-state index contributed by atoms with van der Waals surface area (Å²) in [5.41, 5.74) is 0.310. The molecule has 21 heavy (non-hydrogen) atoms. The summed E-state index contributed by atoms with van der Waals surface area (Å²) in [7, 11) is -3.92. The van der Waals surface area contributed by atoms with E-state index in [0.717, 1.165) is 0 Å². The molecule has 0 aromatic heterocycles. The van der Waals surface area contributed by atoms with Crippen molar-refractivity contribution in [2.24, 2.45) is 0 Å². The van der Waals surface area contributed by atoms with Crippen LogP contribution in [0.3, 0.4) is 0 Å². The number of carboxylic acid groups (broad SMARTS) is 1. The number of carbonyl (C=O) groups excluding carboxylic acids is 1. The SMILES string of the molecule is CCOC(=O)CCS(=O)(=O)NC(C(=O)O)c1ccccc1. The van der Waals surface area contributed by atoms with Crippen molar-refractivity contribution < 1.29 is 27.9 Å². The van der Waals surface area contributed by atoms with Gasteiger partial charge in [0.05, 0.1) is 18.8 Å². The van der Waals surface area contributed by atoms with Gasteiger partial charge in [-0.15, -0.1) is 0 Å². The molecule has 0 spiro atoms. The van der Waals surface area contributed by atoms with E-state index in [1.54, 1.807) is 25.1 Å². The van der Waals surface area contributed by atoms with Crippen LogP contribution in [-0.4, -0.2) is 37.8 Å². The zero-order valence-corrected chi connectivity index (χ0v) is 12.3. The molecule has 0 bridgehead atoms. The number of benzene rings is 1. The van der Waals surface area contributed by atoms with Crippen molar-refractivity contribution in [1.82, 2.24) is 4.72 Å². The van der Waals surface area contributed by atoms with Crippen molar-refractivity contribution in [1.29, 1.82) is 0 Å². The van der Waals surface area contributed by atoms with Crippen molar-refractivity contribution in [3.05, 3.63) is 35.9 Å². The van der Waals surface area contributed by atoms with Crippen molar-refractivity contribution >= 4 is 22.0 Å². The van der Waals surface area contributed by atoms with E-state index in [1.807, 2.05) is 0 Å². The van der Waals surface area contributed by atoms with Gasteiger partial charge in [0.25, 0.3) is 0 Å². The first-order chi connectivity index (χ1) is 9.85. The largest absolute Gasteiger partial charge is 0.480 e. The van der Waals surface area contributed by atoms with Crippen LogP contribution in [0.5, 0.6) is 0 Å². The highest BCUT2D eigenvalue weighted by Crippen LogP contribution is 2.14. The van der Waals surface area contributed by atoms with Crippen molar-refractivity contribution in [2.45, 2.75) is 19.4 Å². The molecule has 2 N–H and O–H groups in total. The molecule has 1 aromatic carbocycles. The Morgan fingerprint density at radius 2 is 1.90 bits per heavy atom. The van der Waals surface area contributed by atoms with Crippen molar-refractivity contribution in [3.63, 3.8) is 0 Å². The van der Waals surface area contributed by atoms with E-state index in [9.17, 15) is 18.0 Å². The molecule has 0 saturated heterocycles. The maximum atomic E-state index is 11.8. The van der Waals surface area contributed by atoms with Gasteiger partial charge in [0.1, 0.15) is 6.04 Å². The molecule has 1 rings (SSSR count). The van der Waals surface area contributed by atoms with Gasteiger partial charge in [-0.25, -0.2) is 8.42 Å². The molecule has 116 valence electrons. The molecule has 8 heteroatoms. The van der Waals surface area contributed by atoms with Gasteiger partial charge in [-0.3, -0.25) is 9.59 Å². The summed E-state index contributed by atoms with van der Waals surface area (Å²) in [4.78, 5) is 22.3. The quantitative estimate of drug-likeness (QED) is 0.683. The number of aliphatic carboxylic acids is 1. The average Bonchev–Trinajstić information content (AvgIpc) is 2.44. The number of hydrogen-bond acceptors (Lipinski definition) is 5. The van der Waals surface area contributed by atoms with Crippen LogP contribution in [0.2, 0.25) is 0 Å². The molecule has 0 fully saturated rings. The fourth-order valence-corrected chi connectivity index (χ4v) is 2.75. The van der Waals surface area contributed by atoms with Crippen LogP contribution in [0.25, 0.3) is 0 Å². The summed E-state index contributed by atoms with van der Waals surface area (Å²) in [6.07, 6.45) is -0.329. The van der Waals surface area contributed by atoms with E-state index in [2.05, 4.69) is 9.46 Å². The predicted molar refractivity (Wildman–Crippen MR) is 75.0 cm³/mol. The number of carbonyl (C=O) groups is 2. The Labute approximate surface area is 123 Å². The Balaban J connectivity index is 2.75. The second-order valence-electron chi connectivity index (χ2n) is 4.17. The van der Waals surface area contributed by atoms with Crippen molar-refractivity contribution in [3.8, 4) is 0 Å². The summed E-state index contributed by atoms with van der Waals surface area (Å²) < 4.78 is 30.4. The standard InChI is InChI=1S/C13H17NO6S/c1-2-20-11(15)8-9-21(18,19)14-12(13(16)17)10-6-4-3-5-7-10/h3-7,12,14H,2,8-9H2,1H3,(H,16,17). The molecule has 1 atom stereocenters. The third-order valence-electron chi connectivity index (χ3n) is 2.56. The first kappa shape index (κ1) is 17.1. The number of esters is 1. The highest BCUT2D eigenvalue weighted by molar-refractivity contribution is 7.89. The van der Waals surface area contributed by atoms with Gasteiger partial charge in [-0.2, -0.15) is 4.72 Å². The minimum Gasteiger partial charge on any atom is -0.480 e. The minimum atomic E-state index is -3.92. The van der Waals surface area contributed by atoms with Gasteiger partial charge in [-0.1, -0.05) is 30.3 Å². The van der Waals surface area contributed by atoms with Crippen LogP contribution in [0.4, 0.5) is 0 Å². The minimum absolute atomic E-state index is 0.161. The number of sulfonamides is 1. The average molecular weight is 315 g/mol. The zero-order chi connectivity index (χ0) is 15.9. The van der Waals surface area contributed by atoms with E-state index in [-0.39, 0.29) is 13.0 Å². The molecule has 0 aliphatic carbocycles. The highest BCUT2D eigenvalue weighted by Gasteiger charge is 2.26. The van der Waals surface area contributed by atoms with Crippen LogP contribution in [0, 0.1) is 0 Å². The second-order valence-corrected chi connectivity index (χ2v) is 6.05. The molecular weight excluding hydrogens is 298 g/mol. The van der Waals surface area contributed by atoms with Crippen molar-refractivity contribution in [2.75, 3.05) is 12.4 Å². The second kappa shape index (κ2) is 7.75. The van der Waals surface area contributed by atoms with Crippen LogP contribution in [0.1, 0.15) is 24.9 Å². The number of hydrogen-bond donors (Lipinski definition) is 2. The number of nitrogens with one attached hydrogen (secondary N) is 1. The zero-order valence-electron chi connectivity index (χ0n) is 11.5. The molecule has 0 saturated carbocycles. The van der Waals surface area contributed by atoms with Gasteiger partial charge in [0, 0.05) is 0 Å². The fraction of sp³-hybridized carbons (Fsp3) is 0.385. The third-order valence-corrected chi connectivity index (χ3v) is 3.89. The van der Waals surface area contributed by atoms with Gasteiger partial charge in [0.2, 0.25) is 10.0 Å². The Hall–Kier alpha value is -1.93. The maximum Gasteiger partial charge on any atom is 0.326 e. The predicted octanol–water partition coefficient (Wildman–Crippen LogP) is 0.685. The highest BCUT2D eigenvalue weighted by atomic mass is 32.2. The molecule has 0 aliphatic heterocycles. The van der Waals surface area contributed by atoms with E-state index in [0.29, 0.717) is 5.56 Å². The molecule has 0 aliphatic rings. The Bertz CT molecular complexity index is 584. The number of rotatable bonds is 8. The molecule has 1 unspecified atom stereocenters. The summed E-state index contributed by atoms with van der Waals surface area (Å²) in [6, 6.07) is 6.53. The van der Waals surface area contributed by atoms with Gasteiger partial charge < -0.3 is 9.84 Å². The smallest absolute Gasteiger partial charge is 0.326 e. The molecular formula is C13H17NO6S. The monoisotopic (exact) mass is 315 g/mol. The van der Waals surface area contributed by atoms with Crippen LogP contribution in [-0.2, 0) is 24.3 Å². The molecule has 0 radical (unpaired) electrons. The van der Waals surface area contributed by atoms with E-state index in [1.165, 1.54) is 12.1 Å². The topological polar surface area (TPSA) is 110 Å². The van der Waals surface area contributed by atoms with Crippen LogP contribution < -0.4 is 4.72 Å². The lowest BCUT2D eigenvalue weighted by molar-refractivity contribution is -0.142. The number of ether oxygens (including phenoxy) is 1. The lowest BCUT2D eigenvalue weighted by atomic mass is 10.1. The van der Waals surface area contributed by atoms with Gasteiger partial charge in [0.15, 0.2) is 0 Å². The molecule has 0 heterocycles. The summed E-state index contributed by atoms with van der Waals surface area (Å²) in [6.45, 7) is 1.77. The Kier molecular flexibility index (Phi) is 6.32. The lowest BCUT2D eigenvalue weighted by Gasteiger charge is -2.14. The summed E-state index contributed by atoms with van der Waals surface area (Å²) in [5.74, 6) is -2.49. The number of carboxylic acids is 1. The summed E-state index contributed by atoms with van der Waals surface area (Å²) >= 11 is 0.